The highest BCUT2D eigenvalue weighted by molar-refractivity contribution is 5.65. The fraction of sp³-hybridized carbons (Fsp3) is 0.318. The Kier molecular flexibility index (Phi) is 3.76. The molecule has 0 amide bonds. The smallest absolute Gasteiger partial charge is 0.0649 e. The molecule has 0 aliphatic heterocycles. The molecule has 122 valence electrons. The van der Waals surface area contributed by atoms with Crippen molar-refractivity contribution in [2.24, 2.45) is 0 Å². The van der Waals surface area contributed by atoms with Crippen LogP contribution in [0.15, 0.2) is 60.8 Å². The molecule has 0 spiro atoms. The van der Waals surface area contributed by atoms with Crippen LogP contribution < -0.4 is 0 Å². The van der Waals surface area contributed by atoms with Crippen molar-refractivity contribution >= 4 is 0 Å². The molecule has 0 unspecified atom stereocenters. The predicted octanol–water partition coefficient (Wildman–Crippen LogP) is 5.54. The average Bonchev–Trinajstić information content (AvgIpc) is 3.31. The summed E-state index contributed by atoms with van der Waals surface area (Å²) in [5, 5.41) is 4.43. The van der Waals surface area contributed by atoms with Gasteiger partial charge >= 0.3 is 0 Å². The molecule has 3 aromatic rings. The van der Waals surface area contributed by atoms with Crippen LogP contribution in [0.5, 0.6) is 0 Å². The molecule has 0 N–H and O–H groups in total. The van der Waals surface area contributed by atoms with Crippen LogP contribution in [0.4, 0.5) is 0 Å². The topological polar surface area (TPSA) is 17.8 Å². The fourth-order valence-corrected chi connectivity index (χ4v) is 3.64. The molecule has 0 radical (unpaired) electrons. The molecule has 2 nitrogen and oxygen atoms in total. The van der Waals surface area contributed by atoms with E-state index in [1.807, 2.05) is 10.9 Å². The third-order valence-corrected chi connectivity index (χ3v) is 5.56. The fourth-order valence-electron chi connectivity index (χ4n) is 3.64. The molecule has 24 heavy (non-hydrogen) atoms. The Morgan fingerprint density at radius 3 is 2.04 bits per heavy atom. The molecule has 0 atom stereocenters. The number of nitrogens with zero attached hydrogens (tertiary/aromatic N) is 2. The summed E-state index contributed by atoms with van der Waals surface area (Å²) in [6.07, 6.45) is 6.81. The van der Waals surface area contributed by atoms with Gasteiger partial charge in [-0.2, -0.15) is 5.10 Å². The Morgan fingerprint density at radius 1 is 0.875 bits per heavy atom. The van der Waals surface area contributed by atoms with Gasteiger partial charge < -0.3 is 0 Å². The molecule has 1 aromatic heterocycles. The largest absolute Gasteiger partial charge is 0.238 e. The maximum absolute atomic E-state index is 4.43. The summed E-state index contributed by atoms with van der Waals surface area (Å²) >= 11 is 0. The highest BCUT2D eigenvalue weighted by Gasteiger charge is 2.41. The second kappa shape index (κ2) is 5.94. The van der Waals surface area contributed by atoms with E-state index in [1.54, 1.807) is 0 Å². The monoisotopic (exact) mass is 316 g/mol. The van der Waals surface area contributed by atoms with E-state index < -0.39 is 0 Å². The first-order valence-corrected chi connectivity index (χ1v) is 9.00. The lowest BCUT2D eigenvalue weighted by molar-refractivity contribution is 0.664. The van der Waals surface area contributed by atoms with Crippen LogP contribution in [-0.2, 0) is 11.8 Å². The standard InChI is InChI=1S/C22H24N2/c1-3-20-13-16-23-24(20)21-11-7-18(8-12-21)17-5-9-19(10-6-17)22(4-2)14-15-22/h5-13,16H,3-4,14-15H2,1-2H3. The molecule has 1 aliphatic carbocycles. The van der Waals surface area contributed by atoms with Crippen molar-refractivity contribution in [2.75, 3.05) is 0 Å². The summed E-state index contributed by atoms with van der Waals surface area (Å²) < 4.78 is 2.02. The van der Waals surface area contributed by atoms with Crippen LogP contribution in [-0.4, -0.2) is 9.78 Å². The number of hydrogen-bond donors (Lipinski definition) is 0. The van der Waals surface area contributed by atoms with E-state index in [2.05, 4.69) is 73.5 Å². The zero-order valence-electron chi connectivity index (χ0n) is 14.5. The van der Waals surface area contributed by atoms with E-state index in [0.29, 0.717) is 5.41 Å². The minimum Gasteiger partial charge on any atom is -0.238 e. The molecular weight excluding hydrogens is 292 g/mol. The summed E-state index contributed by atoms with van der Waals surface area (Å²) in [5.74, 6) is 0. The second-order valence-corrected chi connectivity index (χ2v) is 6.85. The van der Waals surface area contributed by atoms with Crippen LogP contribution in [0.1, 0.15) is 44.4 Å². The quantitative estimate of drug-likeness (QED) is 0.604. The van der Waals surface area contributed by atoms with Crippen molar-refractivity contribution in [1.82, 2.24) is 9.78 Å². The highest BCUT2D eigenvalue weighted by atomic mass is 15.3. The number of aromatic nitrogens is 2. The van der Waals surface area contributed by atoms with E-state index >= 15 is 0 Å². The van der Waals surface area contributed by atoms with Gasteiger partial charge in [0.25, 0.3) is 0 Å². The number of rotatable bonds is 5. The van der Waals surface area contributed by atoms with Gasteiger partial charge in [-0.05, 0) is 66.0 Å². The summed E-state index contributed by atoms with van der Waals surface area (Å²) in [6, 6.07) is 20.0. The third kappa shape index (κ3) is 2.56. The van der Waals surface area contributed by atoms with Gasteiger partial charge in [0, 0.05) is 11.9 Å². The molecule has 1 saturated carbocycles. The third-order valence-electron chi connectivity index (χ3n) is 5.56. The van der Waals surface area contributed by atoms with Gasteiger partial charge in [-0.1, -0.05) is 50.2 Å². The summed E-state index contributed by atoms with van der Waals surface area (Å²) in [5.41, 5.74) is 6.90. The lowest BCUT2D eigenvalue weighted by Crippen LogP contribution is -2.03. The van der Waals surface area contributed by atoms with Crippen LogP contribution in [0.25, 0.3) is 16.8 Å². The van der Waals surface area contributed by atoms with E-state index in [9.17, 15) is 0 Å². The van der Waals surface area contributed by atoms with Crippen LogP contribution >= 0.6 is 0 Å². The number of aryl methyl sites for hydroxylation is 1. The highest BCUT2D eigenvalue weighted by Crippen LogP contribution is 2.50. The van der Waals surface area contributed by atoms with Crippen molar-refractivity contribution in [3.05, 3.63) is 72.1 Å². The first kappa shape index (κ1) is 15.2. The Morgan fingerprint density at radius 2 is 1.50 bits per heavy atom. The molecule has 1 heterocycles. The lowest BCUT2D eigenvalue weighted by Gasteiger charge is -2.13. The van der Waals surface area contributed by atoms with Crippen molar-refractivity contribution in [3.8, 4) is 16.8 Å². The summed E-state index contributed by atoms with van der Waals surface area (Å²) in [4.78, 5) is 0. The Balaban J connectivity index is 1.59. The molecule has 4 rings (SSSR count). The summed E-state index contributed by atoms with van der Waals surface area (Å²) in [6.45, 7) is 4.46. The Bertz CT molecular complexity index is 821. The Hall–Kier alpha value is -2.35. The van der Waals surface area contributed by atoms with Gasteiger partial charge in [-0.15, -0.1) is 0 Å². The molecule has 2 aromatic carbocycles. The molecule has 1 aliphatic rings. The van der Waals surface area contributed by atoms with E-state index in [0.717, 1.165) is 12.1 Å². The van der Waals surface area contributed by atoms with Gasteiger partial charge in [-0.25, -0.2) is 4.68 Å². The predicted molar refractivity (Wildman–Crippen MR) is 99.6 cm³/mol. The van der Waals surface area contributed by atoms with Gasteiger partial charge in [-0.3, -0.25) is 0 Å². The van der Waals surface area contributed by atoms with E-state index in [1.165, 1.54) is 41.6 Å². The normalized spacial score (nSPS) is 15.4. The maximum Gasteiger partial charge on any atom is 0.0649 e. The van der Waals surface area contributed by atoms with Crippen LogP contribution in [0.2, 0.25) is 0 Å². The number of hydrogen-bond acceptors (Lipinski definition) is 1. The van der Waals surface area contributed by atoms with Crippen molar-refractivity contribution in [2.45, 2.75) is 44.9 Å². The van der Waals surface area contributed by atoms with Gasteiger partial charge in [0.2, 0.25) is 0 Å². The molecular formula is C22H24N2. The minimum absolute atomic E-state index is 0.485. The number of benzene rings is 2. The van der Waals surface area contributed by atoms with Crippen molar-refractivity contribution in [3.63, 3.8) is 0 Å². The first-order chi connectivity index (χ1) is 11.8. The van der Waals surface area contributed by atoms with E-state index in [-0.39, 0.29) is 0 Å². The van der Waals surface area contributed by atoms with Gasteiger partial charge in [0.15, 0.2) is 0 Å². The van der Waals surface area contributed by atoms with Crippen molar-refractivity contribution < 1.29 is 0 Å². The first-order valence-electron chi connectivity index (χ1n) is 9.00. The van der Waals surface area contributed by atoms with Crippen LogP contribution in [0.3, 0.4) is 0 Å². The SMILES string of the molecule is CCc1ccnn1-c1ccc(-c2ccc(C3(CC)CC3)cc2)cc1. The zero-order chi connectivity index (χ0) is 16.6. The molecule has 1 fully saturated rings. The lowest BCUT2D eigenvalue weighted by atomic mass is 9.91. The van der Waals surface area contributed by atoms with Gasteiger partial charge in [0.1, 0.15) is 0 Å². The molecule has 2 heteroatoms. The average molecular weight is 316 g/mol. The summed E-state index contributed by atoms with van der Waals surface area (Å²) in [7, 11) is 0. The Labute approximate surface area is 144 Å². The molecule has 0 bridgehead atoms. The maximum atomic E-state index is 4.43. The van der Waals surface area contributed by atoms with Crippen LogP contribution in [0, 0.1) is 0 Å². The minimum atomic E-state index is 0.485. The molecule has 0 saturated heterocycles. The second-order valence-electron chi connectivity index (χ2n) is 6.85. The van der Waals surface area contributed by atoms with Crippen molar-refractivity contribution in [1.29, 1.82) is 0 Å². The van der Waals surface area contributed by atoms with Gasteiger partial charge in [0.05, 0.1) is 5.69 Å². The van der Waals surface area contributed by atoms with E-state index in [4.69, 9.17) is 0 Å². The zero-order valence-corrected chi connectivity index (χ0v) is 14.5.